The second kappa shape index (κ2) is 4.52. The summed E-state index contributed by atoms with van der Waals surface area (Å²) in [4.78, 5) is 25.5. The van der Waals surface area contributed by atoms with E-state index in [1.165, 1.54) is 0 Å². The molecule has 1 aliphatic heterocycles. The van der Waals surface area contributed by atoms with Gasteiger partial charge in [0.05, 0.1) is 18.8 Å². The number of nitrogens with one attached hydrogen (secondary N) is 1. The Kier molecular flexibility index (Phi) is 3.30. The van der Waals surface area contributed by atoms with Crippen molar-refractivity contribution in [3.05, 3.63) is 16.4 Å². The Balaban J connectivity index is 2.35. The molecule has 1 fully saturated rings. The number of hydrogen-bond donors (Lipinski definition) is 1. The van der Waals surface area contributed by atoms with Crippen LogP contribution in [0.4, 0.5) is 0 Å². The first-order valence-electron chi connectivity index (χ1n) is 6.02. The van der Waals surface area contributed by atoms with Gasteiger partial charge in [0.1, 0.15) is 10.7 Å². The van der Waals surface area contributed by atoms with E-state index in [-0.39, 0.29) is 24.9 Å². The molecule has 2 amide bonds. The molecule has 0 bridgehead atoms. The highest BCUT2D eigenvalue weighted by molar-refractivity contribution is 6.30. The fraction of sp³-hybridized carbons (Fsp3) is 0.583. The molecular weight excluding hydrogens is 268 g/mol. The highest BCUT2D eigenvalue weighted by Gasteiger charge is 2.42. The molecule has 104 valence electrons. The zero-order valence-corrected chi connectivity index (χ0v) is 12.2. The van der Waals surface area contributed by atoms with Crippen molar-refractivity contribution < 1.29 is 9.59 Å². The van der Waals surface area contributed by atoms with Crippen LogP contribution < -0.4 is 5.32 Å². The van der Waals surface area contributed by atoms with E-state index in [0.29, 0.717) is 5.15 Å². The Morgan fingerprint density at radius 1 is 1.42 bits per heavy atom. The van der Waals surface area contributed by atoms with Gasteiger partial charge in [-0.2, -0.15) is 5.10 Å². The van der Waals surface area contributed by atoms with Gasteiger partial charge in [0.15, 0.2) is 0 Å². The summed E-state index contributed by atoms with van der Waals surface area (Å²) in [5.74, 6) is -0.284. The maximum Gasteiger partial charge on any atom is 0.245 e. The molecule has 1 N–H and O–H groups in total. The average molecular weight is 285 g/mol. The second-order valence-electron chi connectivity index (χ2n) is 5.20. The molecule has 2 rings (SSSR count). The fourth-order valence-corrected chi connectivity index (χ4v) is 2.43. The molecule has 2 heterocycles. The molecule has 1 aromatic rings. The van der Waals surface area contributed by atoms with Crippen molar-refractivity contribution in [1.29, 1.82) is 0 Å². The molecule has 1 aromatic heterocycles. The lowest BCUT2D eigenvalue weighted by atomic mass is 9.97. The Morgan fingerprint density at radius 3 is 2.58 bits per heavy atom. The summed E-state index contributed by atoms with van der Waals surface area (Å²) in [6.45, 7) is 5.59. The molecule has 0 saturated carbocycles. The van der Waals surface area contributed by atoms with Gasteiger partial charge in [-0.15, -0.1) is 0 Å². The van der Waals surface area contributed by atoms with E-state index >= 15 is 0 Å². The highest BCUT2D eigenvalue weighted by atomic mass is 35.5. The highest BCUT2D eigenvalue weighted by Crippen LogP contribution is 2.26. The summed E-state index contributed by atoms with van der Waals surface area (Å²) in [6.07, 6.45) is 0. The number of carbonyl (C=O) groups is 2. The third-order valence-electron chi connectivity index (χ3n) is 3.52. The van der Waals surface area contributed by atoms with E-state index in [2.05, 4.69) is 10.4 Å². The molecule has 0 aliphatic carbocycles. The average Bonchev–Trinajstić information content (AvgIpc) is 2.56. The molecular formula is C12H17ClN4O2. The molecule has 1 aliphatic rings. The summed E-state index contributed by atoms with van der Waals surface area (Å²) in [7, 11) is 1.74. The zero-order valence-electron chi connectivity index (χ0n) is 11.5. The molecule has 1 saturated heterocycles. The van der Waals surface area contributed by atoms with Gasteiger partial charge in [0, 0.05) is 12.6 Å². The molecule has 6 nitrogen and oxygen atoms in total. The van der Waals surface area contributed by atoms with Crippen LogP contribution in [0.25, 0.3) is 0 Å². The van der Waals surface area contributed by atoms with Crippen LogP contribution in [0.3, 0.4) is 0 Å². The number of aryl methyl sites for hydroxylation is 2. The largest absolute Gasteiger partial charge is 0.345 e. The van der Waals surface area contributed by atoms with E-state index in [1.807, 2.05) is 6.92 Å². The van der Waals surface area contributed by atoms with Gasteiger partial charge in [-0.05, 0) is 20.8 Å². The van der Waals surface area contributed by atoms with E-state index in [1.54, 1.807) is 30.5 Å². The fourth-order valence-electron chi connectivity index (χ4n) is 2.20. The molecule has 0 radical (unpaired) electrons. The lowest BCUT2D eigenvalue weighted by Crippen LogP contribution is -2.63. The Bertz CT molecular complexity index is 550. The van der Waals surface area contributed by atoms with Crippen LogP contribution in [-0.4, -0.2) is 38.6 Å². The van der Waals surface area contributed by atoms with Crippen molar-refractivity contribution in [2.75, 3.05) is 6.54 Å². The van der Waals surface area contributed by atoms with E-state index in [4.69, 9.17) is 11.6 Å². The number of hydrogen-bond acceptors (Lipinski definition) is 3. The standard InChI is InChI=1S/C12H17ClN4O2/c1-7-8(10(13)16(4)15-7)6-17-9(18)5-14-11(19)12(17,2)3/h5-6H2,1-4H3,(H,14,19). The van der Waals surface area contributed by atoms with Crippen molar-refractivity contribution in [3.63, 3.8) is 0 Å². The number of carbonyl (C=O) groups excluding carboxylic acids is 2. The lowest BCUT2D eigenvalue weighted by Gasteiger charge is -2.41. The molecule has 0 atom stereocenters. The minimum atomic E-state index is -0.888. The van der Waals surface area contributed by atoms with Crippen LogP contribution in [0.15, 0.2) is 0 Å². The number of halogens is 1. The first kappa shape index (κ1) is 13.9. The number of aromatic nitrogens is 2. The van der Waals surface area contributed by atoms with Crippen LogP contribution in [0.1, 0.15) is 25.1 Å². The van der Waals surface area contributed by atoms with Gasteiger partial charge >= 0.3 is 0 Å². The van der Waals surface area contributed by atoms with Crippen molar-refractivity contribution in [2.45, 2.75) is 32.9 Å². The van der Waals surface area contributed by atoms with E-state index in [0.717, 1.165) is 11.3 Å². The van der Waals surface area contributed by atoms with Gasteiger partial charge < -0.3 is 10.2 Å². The molecule has 0 unspecified atom stereocenters. The van der Waals surface area contributed by atoms with Crippen LogP contribution in [0, 0.1) is 6.92 Å². The number of piperazine rings is 1. The summed E-state index contributed by atoms with van der Waals surface area (Å²) in [5.41, 5.74) is 0.656. The third-order valence-corrected chi connectivity index (χ3v) is 3.99. The normalized spacial score (nSPS) is 18.7. The zero-order chi connectivity index (χ0) is 14.4. The number of nitrogens with zero attached hydrogens (tertiary/aromatic N) is 3. The second-order valence-corrected chi connectivity index (χ2v) is 5.56. The molecule has 0 aromatic carbocycles. The summed E-state index contributed by atoms with van der Waals surface area (Å²) >= 11 is 6.17. The smallest absolute Gasteiger partial charge is 0.245 e. The quantitative estimate of drug-likeness (QED) is 0.866. The minimum Gasteiger partial charge on any atom is -0.345 e. The Morgan fingerprint density at radius 2 is 2.05 bits per heavy atom. The maximum atomic E-state index is 12.0. The Labute approximate surface area is 116 Å². The third kappa shape index (κ3) is 2.20. The van der Waals surface area contributed by atoms with Crippen molar-refractivity contribution in [1.82, 2.24) is 20.0 Å². The molecule has 19 heavy (non-hydrogen) atoms. The summed E-state index contributed by atoms with van der Waals surface area (Å²) < 4.78 is 1.56. The van der Waals surface area contributed by atoms with Crippen LogP contribution in [0.2, 0.25) is 5.15 Å². The van der Waals surface area contributed by atoms with Crippen molar-refractivity contribution in [2.24, 2.45) is 7.05 Å². The maximum absolute atomic E-state index is 12.0. The summed E-state index contributed by atoms with van der Waals surface area (Å²) in [5, 5.41) is 7.30. The van der Waals surface area contributed by atoms with Gasteiger partial charge in [0.25, 0.3) is 0 Å². The molecule has 7 heteroatoms. The molecule has 0 spiro atoms. The van der Waals surface area contributed by atoms with Gasteiger partial charge in [-0.3, -0.25) is 14.3 Å². The first-order valence-corrected chi connectivity index (χ1v) is 6.39. The predicted octanol–water partition coefficient (Wildman–Crippen LogP) is 0.619. The first-order chi connectivity index (χ1) is 8.75. The monoisotopic (exact) mass is 284 g/mol. The predicted molar refractivity (Wildman–Crippen MR) is 70.6 cm³/mol. The number of amides is 2. The SMILES string of the molecule is Cc1nn(C)c(Cl)c1CN1C(=O)CNC(=O)C1(C)C. The van der Waals surface area contributed by atoms with Crippen molar-refractivity contribution >= 4 is 23.4 Å². The topological polar surface area (TPSA) is 67.2 Å². The lowest BCUT2D eigenvalue weighted by molar-refractivity contribution is -0.152. The summed E-state index contributed by atoms with van der Waals surface area (Å²) in [6, 6.07) is 0. The van der Waals surface area contributed by atoms with Crippen LogP contribution in [0.5, 0.6) is 0 Å². The number of rotatable bonds is 2. The van der Waals surface area contributed by atoms with Crippen molar-refractivity contribution in [3.8, 4) is 0 Å². The van der Waals surface area contributed by atoms with E-state index in [9.17, 15) is 9.59 Å². The van der Waals surface area contributed by atoms with Gasteiger partial charge in [-0.25, -0.2) is 0 Å². The van der Waals surface area contributed by atoms with E-state index < -0.39 is 5.54 Å². The van der Waals surface area contributed by atoms with Crippen LogP contribution >= 0.6 is 11.6 Å². The van der Waals surface area contributed by atoms with Gasteiger partial charge in [0.2, 0.25) is 11.8 Å². The van der Waals surface area contributed by atoms with Gasteiger partial charge in [-0.1, -0.05) is 11.6 Å². The minimum absolute atomic E-state index is 0.0270. The van der Waals surface area contributed by atoms with Crippen LogP contribution in [-0.2, 0) is 23.2 Å². The Hall–Kier alpha value is -1.56.